The Morgan fingerprint density at radius 2 is 2.05 bits per heavy atom. The number of hydrogen-bond donors (Lipinski definition) is 3. The third-order valence-electron chi connectivity index (χ3n) is 2.74. The van der Waals surface area contributed by atoms with Crippen LogP contribution >= 0.6 is 0 Å². The van der Waals surface area contributed by atoms with Crippen molar-refractivity contribution in [2.45, 2.75) is 26.8 Å². The molecule has 0 spiro atoms. The third-order valence-corrected chi connectivity index (χ3v) is 2.74. The zero-order valence-corrected chi connectivity index (χ0v) is 10.8. The topological polar surface area (TPSA) is 127 Å². The number of amides is 2. The zero-order valence-electron chi connectivity index (χ0n) is 10.8. The number of hydrogen-bond acceptors (Lipinski definition) is 4. The number of carboxylic acids is 1. The Morgan fingerprint density at radius 1 is 1.42 bits per heavy atom. The molecule has 0 saturated heterocycles. The molecule has 8 heteroatoms. The molecule has 1 aromatic heterocycles. The predicted molar refractivity (Wildman–Crippen MR) is 66.9 cm³/mol. The van der Waals surface area contributed by atoms with Gasteiger partial charge in [-0.3, -0.25) is 9.36 Å². The monoisotopic (exact) mass is 268 g/mol. The van der Waals surface area contributed by atoms with Crippen LogP contribution in [0.2, 0.25) is 0 Å². The summed E-state index contributed by atoms with van der Waals surface area (Å²) in [6.07, 6.45) is -0.200. The molecule has 0 bridgehead atoms. The van der Waals surface area contributed by atoms with Crippen LogP contribution in [0.3, 0.4) is 0 Å². The van der Waals surface area contributed by atoms with Crippen LogP contribution < -0.4 is 16.7 Å². The minimum Gasteiger partial charge on any atom is -0.481 e. The summed E-state index contributed by atoms with van der Waals surface area (Å²) >= 11 is 0. The molecule has 0 aliphatic carbocycles. The average molecular weight is 268 g/mol. The normalized spacial score (nSPS) is 10.2. The van der Waals surface area contributed by atoms with Crippen LogP contribution in [0.1, 0.15) is 17.0 Å². The number of carbonyl (C=O) groups is 2. The van der Waals surface area contributed by atoms with E-state index in [1.54, 1.807) is 13.8 Å². The maximum atomic E-state index is 11.7. The van der Waals surface area contributed by atoms with Crippen LogP contribution in [0.15, 0.2) is 4.79 Å². The largest absolute Gasteiger partial charge is 0.481 e. The zero-order chi connectivity index (χ0) is 14.6. The van der Waals surface area contributed by atoms with Gasteiger partial charge in [0.05, 0.1) is 6.42 Å². The number of primary amides is 1. The molecule has 4 N–H and O–H groups in total. The second-order valence-electron chi connectivity index (χ2n) is 4.06. The Morgan fingerprint density at radius 3 is 2.58 bits per heavy atom. The number of nitrogens with one attached hydrogen (secondary N) is 1. The molecule has 0 unspecified atom stereocenters. The fourth-order valence-electron chi connectivity index (χ4n) is 1.80. The van der Waals surface area contributed by atoms with Gasteiger partial charge in [-0.25, -0.2) is 9.59 Å². The Kier molecular flexibility index (Phi) is 4.62. The first kappa shape index (κ1) is 14.7. The van der Waals surface area contributed by atoms with Gasteiger partial charge in [-0.15, -0.1) is 0 Å². The van der Waals surface area contributed by atoms with Gasteiger partial charge in [0.15, 0.2) is 0 Å². The van der Waals surface area contributed by atoms with E-state index in [-0.39, 0.29) is 19.5 Å². The number of aliphatic carboxylic acids is 1. The van der Waals surface area contributed by atoms with E-state index in [0.29, 0.717) is 17.0 Å². The molecule has 8 nitrogen and oxygen atoms in total. The van der Waals surface area contributed by atoms with Crippen molar-refractivity contribution in [3.8, 4) is 0 Å². The first-order chi connectivity index (χ1) is 8.82. The fraction of sp³-hybridized carbons (Fsp3) is 0.455. The summed E-state index contributed by atoms with van der Waals surface area (Å²) in [6, 6.07) is -0.684. The number of nitrogens with two attached hydrogens (primary N) is 1. The highest BCUT2D eigenvalue weighted by Gasteiger charge is 2.13. The molecule has 0 fully saturated rings. The highest BCUT2D eigenvalue weighted by molar-refractivity contribution is 5.71. The number of urea groups is 1. The lowest BCUT2D eigenvalue weighted by Crippen LogP contribution is -2.36. The van der Waals surface area contributed by atoms with Gasteiger partial charge in [0.25, 0.3) is 0 Å². The van der Waals surface area contributed by atoms with E-state index in [0.717, 1.165) is 0 Å². The summed E-state index contributed by atoms with van der Waals surface area (Å²) in [6.45, 7) is 3.61. The van der Waals surface area contributed by atoms with Gasteiger partial charge in [-0.2, -0.15) is 4.98 Å². The summed E-state index contributed by atoms with van der Waals surface area (Å²) < 4.78 is 1.32. The second kappa shape index (κ2) is 5.98. The predicted octanol–water partition coefficient (Wildman–Crippen LogP) is -0.844. The molecule has 104 valence electrons. The van der Waals surface area contributed by atoms with Crippen molar-refractivity contribution >= 4 is 12.0 Å². The van der Waals surface area contributed by atoms with Crippen LogP contribution in [0.4, 0.5) is 4.79 Å². The summed E-state index contributed by atoms with van der Waals surface area (Å²) in [5.74, 6) is -0.992. The number of aryl methyl sites for hydroxylation is 1. The van der Waals surface area contributed by atoms with Crippen molar-refractivity contribution in [1.82, 2.24) is 14.9 Å². The van der Waals surface area contributed by atoms with Gasteiger partial charge in [0.2, 0.25) is 0 Å². The van der Waals surface area contributed by atoms with E-state index in [2.05, 4.69) is 10.3 Å². The van der Waals surface area contributed by atoms with E-state index in [1.165, 1.54) is 4.57 Å². The molecule has 0 saturated carbocycles. The van der Waals surface area contributed by atoms with Crippen LogP contribution in [0.25, 0.3) is 0 Å². The molecular weight excluding hydrogens is 252 g/mol. The number of aromatic nitrogens is 2. The van der Waals surface area contributed by atoms with Gasteiger partial charge in [0.1, 0.15) is 0 Å². The first-order valence-electron chi connectivity index (χ1n) is 5.65. The number of rotatable bonds is 5. The quantitative estimate of drug-likeness (QED) is 0.641. The van der Waals surface area contributed by atoms with Crippen molar-refractivity contribution in [3.63, 3.8) is 0 Å². The minimum absolute atomic E-state index is 0.174. The lowest BCUT2D eigenvalue weighted by Gasteiger charge is -2.14. The Balaban J connectivity index is 3.06. The van der Waals surface area contributed by atoms with Crippen LogP contribution in [-0.2, 0) is 17.8 Å². The molecule has 1 heterocycles. The van der Waals surface area contributed by atoms with E-state index in [1.807, 2.05) is 0 Å². The number of carboxylic acid groups (broad SMARTS) is 1. The van der Waals surface area contributed by atoms with Crippen molar-refractivity contribution in [1.29, 1.82) is 0 Å². The van der Waals surface area contributed by atoms with E-state index >= 15 is 0 Å². The second-order valence-corrected chi connectivity index (χ2v) is 4.06. The van der Waals surface area contributed by atoms with E-state index in [4.69, 9.17) is 10.8 Å². The summed E-state index contributed by atoms with van der Waals surface area (Å²) in [5.41, 5.74) is 5.89. The SMILES string of the molecule is Cc1nc(=O)n(CCNC(N)=O)c(C)c1CC(=O)O. The molecule has 1 aromatic rings. The van der Waals surface area contributed by atoms with Gasteiger partial charge in [-0.05, 0) is 13.8 Å². The molecule has 1 rings (SSSR count). The molecule has 2 amide bonds. The van der Waals surface area contributed by atoms with Crippen LogP contribution in [0, 0.1) is 13.8 Å². The molecule has 0 aliphatic rings. The van der Waals surface area contributed by atoms with Crippen molar-refractivity contribution < 1.29 is 14.7 Å². The Bertz CT molecular complexity index is 565. The third kappa shape index (κ3) is 3.80. The Hall–Kier alpha value is -2.38. The van der Waals surface area contributed by atoms with E-state index < -0.39 is 17.7 Å². The maximum Gasteiger partial charge on any atom is 0.348 e. The standard InChI is InChI=1S/C11H16N4O4/c1-6-8(5-9(16)17)7(2)15(11(19)14-6)4-3-13-10(12)18/h3-5H2,1-2H3,(H,16,17)(H3,12,13,18). The Labute approximate surface area is 109 Å². The lowest BCUT2D eigenvalue weighted by atomic mass is 10.1. The van der Waals surface area contributed by atoms with E-state index in [9.17, 15) is 14.4 Å². The van der Waals surface area contributed by atoms with Gasteiger partial charge in [-0.1, -0.05) is 0 Å². The molecule has 0 aliphatic heterocycles. The van der Waals surface area contributed by atoms with Gasteiger partial charge >= 0.3 is 17.7 Å². The first-order valence-corrected chi connectivity index (χ1v) is 5.65. The number of carbonyl (C=O) groups excluding carboxylic acids is 1. The van der Waals surface area contributed by atoms with Crippen LogP contribution in [-0.4, -0.2) is 33.2 Å². The smallest absolute Gasteiger partial charge is 0.348 e. The van der Waals surface area contributed by atoms with Gasteiger partial charge in [0, 0.05) is 30.0 Å². The van der Waals surface area contributed by atoms with Crippen LogP contribution in [0.5, 0.6) is 0 Å². The maximum absolute atomic E-state index is 11.7. The molecular formula is C11H16N4O4. The highest BCUT2D eigenvalue weighted by Crippen LogP contribution is 2.10. The van der Waals surface area contributed by atoms with Crippen molar-refractivity contribution in [2.75, 3.05) is 6.54 Å². The summed E-state index contributed by atoms with van der Waals surface area (Å²) in [5, 5.41) is 11.2. The van der Waals surface area contributed by atoms with Gasteiger partial charge < -0.3 is 16.2 Å². The van der Waals surface area contributed by atoms with Crippen molar-refractivity contribution in [3.05, 3.63) is 27.4 Å². The summed E-state index contributed by atoms with van der Waals surface area (Å²) in [7, 11) is 0. The fourth-order valence-corrected chi connectivity index (χ4v) is 1.80. The molecule has 19 heavy (non-hydrogen) atoms. The molecule has 0 aromatic carbocycles. The lowest BCUT2D eigenvalue weighted by molar-refractivity contribution is -0.136. The minimum atomic E-state index is -0.992. The summed E-state index contributed by atoms with van der Waals surface area (Å²) in [4.78, 5) is 36.9. The highest BCUT2D eigenvalue weighted by atomic mass is 16.4. The molecule has 0 atom stereocenters. The molecule has 0 radical (unpaired) electrons. The van der Waals surface area contributed by atoms with Crippen molar-refractivity contribution in [2.24, 2.45) is 5.73 Å². The number of nitrogens with zero attached hydrogens (tertiary/aromatic N) is 2. The average Bonchev–Trinajstić information content (AvgIpc) is 2.28.